The first-order valence-electron chi connectivity index (χ1n) is 12.4. The van der Waals surface area contributed by atoms with E-state index in [1.807, 2.05) is 13.8 Å². The van der Waals surface area contributed by atoms with Crippen LogP contribution in [0.1, 0.15) is 65.1 Å². The van der Waals surface area contributed by atoms with E-state index in [0.717, 1.165) is 4.90 Å². The fourth-order valence-corrected chi connectivity index (χ4v) is 5.16. The molecule has 5 rings (SSSR count). The molecule has 0 spiro atoms. The lowest BCUT2D eigenvalue weighted by Crippen LogP contribution is -2.47. The number of carbonyl (C=O) groups excluding carboxylic acids is 1. The molecule has 0 saturated carbocycles. The van der Waals surface area contributed by atoms with Crippen LogP contribution < -0.4 is 10.5 Å². The maximum atomic E-state index is 13.4. The topological polar surface area (TPSA) is 159 Å². The van der Waals surface area contributed by atoms with Crippen LogP contribution in [0.25, 0.3) is 16.8 Å². The Morgan fingerprint density at radius 2 is 1.93 bits per heavy atom. The van der Waals surface area contributed by atoms with E-state index >= 15 is 0 Å². The minimum absolute atomic E-state index is 0.0723. The van der Waals surface area contributed by atoms with Crippen LogP contribution in [0.5, 0.6) is 5.75 Å². The van der Waals surface area contributed by atoms with Crippen molar-refractivity contribution in [1.29, 1.82) is 0 Å². The second-order valence-electron chi connectivity index (χ2n) is 10.3. The van der Waals surface area contributed by atoms with Crippen molar-refractivity contribution in [3.63, 3.8) is 0 Å². The summed E-state index contributed by atoms with van der Waals surface area (Å²) in [5, 5.41) is 34.5. The third-order valence-electron chi connectivity index (χ3n) is 7.16. The molecule has 4 aromatic rings. The van der Waals surface area contributed by atoms with Crippen molar-refractivity contribution >= 4 is 11.8 Å². The molecule has 210 valence electrons. The van der Waals surface area contributed by atoms with E-state index in [1.165, 1.54) is 25.2 Å². The van der Waals surface area contributed by atoms with Crippen molar-refractivity contribution in [2.45, 2.75) is 50.5 Å². The Morgan fingerprint density at radius 1 is 1.18 bits per heavy atom. The van der Waals surface area contributed by atoms with E-state index in [-0.39, 0.29) is 23.3 Å². The number of benzene rings is 1. The fourth-order valence-electron chi connectivity index (χ4n) is 5.16. The number of pyridine rings is 1. The largest absolute Gasteiger partial charge is 0.434 e. The number of aldehydes is 1. The number of rotatable bonds is 8. The summed E-state index contributed by atoms with van der Waals surface area (Å²) in [6, 6.07) is 6.95. The Morgan fingerprint density at radius 3 is 2.52 bits per heavy atom. The summed E-state index contributed by atoms with van der Waals surface area (Å²) in [5.41, 5.74) is 9.05. The summed E-state index contributed by atoms with van der Waals surface area (Å²) >= 11 is 0. The first-order chi connectivity index (χ1) is 18.8. The molecule has 13 heteroatoms. The molecule has 1 aliphatic carbocycles. The van der Waals surface area contributed by atoms with Gasteiger partial charge < -0.3 is 25.8 Å². The molecule has 5 N–H and O–H groups in total. The molecule has 3 aromatic heterocycles. The average molecular weight is 555 g/mol. The van der Waals surface area contributed by atoms with E-state index in [9.17, 15) is 28.9 Å². The molecule has 3 heterocycles. The van der Waals surface area contributed by atoms with Gasteiger partial charge in [0.05, 0.1) is 46.6 Å². The van der Waals surface area contributed by atoms with Gasteiger partial charge in [-0.15, -0.1) is 0 Å². The summed E-state index contributed by atoms with van der Waals surface area (Å²) in [5.74, 6) is -0.928. The number of alkyl halides is 2. The molecule has 0 bridgehead atoms. The van der Waals surface area contributed by atoms with Crippen molar-refractivity contribution in [2.75, 3.05) is 7.05 Å². The molecule has 11 nitrogen and oxygen atoms in total. The Labute approximate surface area is 227 Å². The van der Waals surface area contributed by atoms with Crippen LogP contribution in [0.15, 0.2) is 48.9 Å². The number of hydrogen-bond acceptors (Lipinski definition) is 10. The predicted octanol–water partition coefficient (Wildman–Crippen LogP) is 2.50. The molecular weight excluding hydrogens is 526 g/mol. The van der Waals surface area contributed by atoms with Crippen molar-refractivity contribution in [3.8, 4) is 17.0 Å². The zero-order valence-corrected chi connectivity index (χ0v) is 21.9. The number of nitrogens with two attached hydrogens (primary N) is 1. The van der Waals surface area contributed by atoms with E-state index in [1.54, 1.807) is 35.2 Å². The molecule has 0 radical (unpaired) electrons. The van der Waals surface area contributed by atoms with Gasteiger partial charge in [0.2, 0.25) is 0 Å². The summed E-state index contributed by atoms with van der Waals surface area (Å²) in [4.78, 5) is 21.9. The highest BCUT2D eigenvalue weighted by Crippen LogP contribution is 2.51. The van der Waals surface area contributed by atoms with Gasteiger partial charge in [-0.25, -0.2) is 9.42 Å². The lowest BCUT2D eigenvalue weighted by Gasteiger charge is -2.31. The maximum Gasteiger partial charge on any atom is 0.387 e. The number of aromatic nitrogens is 4. The van der Waals surface area contributed by atoms with Crippen LogP contribution in [-0.2, 0) is 5.54 Å². The van der Waals surface area contributed by atoms with Crippen molar-refractivity contribution in [3.05, 3.63) is 77.0 Å². The van der Waals surface area contributed by atoms with Crippen LogP contribution in [0.4, 0.5) is 8.78 Å². The second kappa shape index (κ2) is 9.94. The Kier molecular flexibility index (Phi) is 6.88. The number of nitrogens with zero attached hydrogens (tertiary/aromatic N) is 5. The van der Waals surface area contributed by atoms with E-state index in [0.29, 0.717) is 40.0 Å². The zero-order valence-electron chi connectivity index (χ0n) is 21.9. The molecule has 0 fully saturated rings. The molecule has 2 unspecified atom stereocenters. The van der Waals surface area contributed by atoms with Gasteiger partial charge in [-0.1, -0.05) is 12.1 Å². The molecule has 0 amide bonds. The van der Waals surface area contributed by atoms with E-state index in [4.69, 9.17) is 10.5 Å². The van der Waals surface area contributed by atoms with E-state index in [2.05, 4.69) is 15.1 Å². The molecular formula is C27H28F2N6O5. The zero-order chi connectivity index (χ0) is 29.0. The molecule has 0 saturated heterocycles. The van der Waals surface area contributed by atoms with Gasteiger partial charge in [0.25, 0.3) is 0 Å². The number of halogens is 2. The molecule has 2 atom stereocenters. The third kappa shape index (κ3) is 4.93. The second-order valence-corrected chi connectivity index (χ2v) is 10.3. The Hall–Kier alpha value is -3.88. The number of fused-ring (bicyclic) bond motifs is 3. The average Bonchev–Trinajstić information content (AvgIpc) is 3.44. The van der Waals surface area contributed by atoms with Crippen molar-refractivity contribution in [1.82, 2.24) is 24.5 Å². The lowest BCUT2D eigenvalue weighted by molar-refractivity contribution is -0.396. The first-order valence-corrected chi connectivity index (χ1v) is 12.4. The predicted molar refractivity (Wildman–Crippen MR) is 138 cm³/mol. The van der Waals surface area contributed by atoms with Crippen LogP contribution in [0, 0.1) is 0 Å². The van der Waals surface area contributed by atoms with Crippen molar-refractivity contribution in [2.24, 2.45) is 5.73 Å². The van der Waals surface area contributed by atoms with Gasteiger partial charge in [0.15, 0.2) is 0 Å². The normalized spacial score (nSPS) is 17.6. The van der Waals surface area contributed by atoms with Gasteiger partial charge in [0, 0.05) is 34.4 Å². The number of hydrogen-bond donors (Lipinski definition) is 4. The van der Waals surface area contributed by atoms with Crippen LogP contribution in [0.2, 0.25) is 0 Å². The smallest absolute Gasteiger partial charge is 0.387 e. The van der Waals surface area contributed by atoms with Crippen molar-refractivity contribution < 1.29 is 33.6 Å². The third-order valence-corrected chi connectivity index (χ3v) is 7.16. The monoisotopic (exact) mass is 554 g/mol. The van der Waals surface area contributed by atoms with Crippen LogP contribution in [-0.4, -0.2) is 65.8 Å². The van der Waals surface area contributed by atoms with Gasteiger partial charge in [-0.05, 0) is 45.5 Å². The fraction of sp³-hybridized carbons (Fsp3) is 0.333. The highest BCUT2D eigenvalue weighted by molar-refractivity contribution is 5.81. The number of ether oxygens (including phenoxy) is 1. The van der Waals surface area contributed by atoms with Gasteiger partial charge in [-0.2, -0.15) is 13.9 Å². The Bertz CT molecular complexity index is 1560. The van der Waals surface area contributed by atoms with Gasteiger partial charge >= 0.3 is 12.7 Å². The minimum atomic E-state index is -3.20. The first kappa shape index (κ1) is 27.7. The maximum absolute atomic E-state index is 13.4. The Balaban J connectivity index is 1.71. The standard InChI is InChI=1S/C27H28F2N6O5/c1-26(2,30)21-12-31-17(11-32-21)14-7-8-35-18(9-14)23-16(10-19(24(23)33-35)34(3)27(37,38)39)22-15(13-36)5-4-6-20(22)40-25(28)29/h4-9,11-13,16,19,25,37-39H,10,30H2,1-3H3. The summed E-state index contributed by atoms with van der Waals surface area (Å²) in [6.07, 6.45) is 2.28. The van der Waals surface area contributed by atoms with Crippen LogP contribution in [0.3, 0.4) is 0 Å². The summed E-state index contributed by atoms with van der Waals surface area (Å²) < 4.78 is 33.1. The number of carbonyl (C=O) groups is 1. The molecule has 1 aliphatic rings. The molecule has 40 heavy (non-hydrogen) atoms. The van der Waals surface area contributed by atoms with Crippen LogP contribution >= 0.6 is 0 Å². The highest BCUT2D eigenvalue weighted by atomic mass is 19.3. The van der Waals surface area contributed by atoms with Gasteiger partial charge in [-0.3, -0.25) is 14.8 Å². The molecule has 1 aromatic carbocycles. The SMILES string of the molecule is CN(C1CC(c2c(C=O)cccc2OC(F)F)c2c1nn1ccc(-c3cnc(C(C)(C)N)cn3)cc21)C(O)(O)O. The quantitative estimate of drug-likeness (QED) is 0.188. The summed E-state index contributed by atoms with van der Waals surface area (Å²) in [6.45, 7) is 0.486. The lowest BCUT2D eigenvalue weighted by atomic mass is 9.88. The van der Waals surface area contributed by atoms with E-state index < -0.39 is 30.2 Å². The minimum Gasteiger partial charge on any atom is -0.434 e. The highest BCUT2D eigenvalue weighted by Gasteiger charge is 2.45. The molecule has 0 aliphatic heterocycles. The van der Waals surface area contributed by atoms with Gasteiger partial charge in [0.1, 0.15) is 12.0 Å². The summed E-state index contributed by atoms with van der Waals surface area (Å²) in [7, 11) is 1.28. The number of aliphatic hydroxyl groups is 3.